The van der Waals surface area contributed by atoms with Crippen molar-refractivity contribution in [3.05, 3.63) is 0 Å². The molecule has 4 nitrogen and oxygen atoms in total. The Morgan fingerprint density at radius 2 is 2.33 bits per heavy atom. The number of ether oxygens (including phenoxy) is 1. The van der Waals surface area contributed by atoms with Gasteiger partial charge in [-0.05, 0) is 7.05 Å². The van der Waals surface area contributed by atoms with Crippen molar-refractivity contribution in [2.45, 2.75) is 0 Å². The first-order valence-electron chi connectivity index (χ1n) is 2.46. The molecule has 0 radical (unpaired) electrons. The van der Waals surface area contributed by atoms with Crippen molar-refractivity contribution in [1.29, 1.82) is 0 Å². The van der Waals surface area contributed by atoms with Crippen LogP contribution < -0.4 is 10.6 Å². The van der Waals surface area contributed by atoms with Crippen LogP contribution in [-0.2, 0) is 4.74 Å². The molecule has 0 fully saturated rings. The van der Waals surface area contributed by atoms with Crippen LogP contribution in [0.15, 0.2) is 0 Å². The van der Waals surface area contributed by atoms with E-state index in [4.69, 9.17) is 4.74 Å². The summed E-state index contributed by atoms with van der Waals surface area (Å²) in [6.45, 7) is 0.622. The fraction of sp³-hybridized carbons (Fsp3) is 0.750. The molecule has 5 heteroatoms. The van der Waals surface area contributed by atoms with Crippen LogP contribution in [0.2, 0.25) is 0 Å². The lowest BCUT2D eigenvalue weighted by Gasteiger charge is -2.01. The van der Waals surface area contributed by atoms with Crippen molar-refractivity contribution in [2.24, 2.45) is 0 Å². The lowest BCUT2D eigenvalue weighted by molar-refractivity contribution is 0.112. The van der Waals surface area contributed by atoms with Gasteiger partial charge in [0.1, 0.15) is 6.73 Å². The highest BCUT2D eigenvalue weighted by Crippen LogP contribution is 1.74. The van der Waals surface area contributed by atoms with Crippen LogP contribution in [0.3, 0.4) is 0 Å². The summed E-state index contributed by atoms with van der Waals surface area (Å²) in [6.07, 6.45) is 0. The summed E-state index contributed by atoms with van der Waals surface area (Å²) in [6, 6.07) is 0. The molecule has 1 amide bonds. The van der Waals surface area contributed by atoms with Gasteiger partial charge in [-0.3, -0.25) is 10.1 Å². The van der Waals surface area contributed by atoms with Crippen LogP contribution >= 0.6 is 12.6 Å². The molecule has 0 aliphatic carbocycles. The number of rotatable bonds is 4. The molecule has 54 valence electrons. The molecule has 0 rings (SSSR count). The SMILES string of the molecule is CNCOCNC(=O)S. The minimum Gasteiger partial charge on any atom is -0.346 e. The van der Waals surface area contributed by atoms with Gasteiger partial charge in [0, 0.05) is 0 Å². The average molecular weight is 150 g/mol. The second kappa shape index (κ2) is 5.87. The minimum absolute atomic E-state index is 0.198. The highest BCUT2D eigenvalue weighted by atomic mass is 32.1. The highest BCUT2D eigenvalue weighted by molar-refractivity contribution is 7.96. The normalized spacial score (nSPS) is 9.11. The molecule has 2 N–H and O–H groups in total. The maximum atomic E-state index is 10.1. The predicted molar refractivity (Wildman–Crippen MR) is 37.4 cm³/mol. The number of thiol groups is 1. The highest BCUT2D eigenvalue weighted by Gasteiger charge is 1.87. The van der Waals surface area contributed by atoms with E-state index >= 15 is 0 Å². The second-order valence-corrected chi connectivity index (χ2v) is 1.73. The van der Waals surface area contributed by atoms with E-state index in [-0.39, 0.29) is 12.0 Å². The van der Waals surface area contributed by atoms with Crippen LogP contribution in [0.25, 0.3) is 0 Å². The molecule has 0 atom stereocenters. The molecule has 0 bridgehead atoms. The van der Waals surface area contributed by atoms with Crippen molar-refractivity contribution in [2.75, 3.05) is 20.5 Å². The molecular weight excluding hydrogens is 140 g/mol. The van der Waals surface area contributed by atoms with Gasteiger partial charge in [0.15, 0.2) is 0 Å². The van der Waals surface area contributed by atoms with E-state index in [1.54, 1.807) is 7.05 Å². The Morgan fingerprint density at radius 1 is 1.67 bits per heavy atom. The van der Waals surface area contributed by atoms with Crippen LogP contribution in [-0.4, -0.2) is 25.7 Å². The summed E-state index contributed by atoms with van der Waals surface area (Å²) in [5.41, 5.74) is 0. The van der Waals surface area contributed by atoms with Crippen molar-refractivity contribution in [3.63, 3.8) is 0 Å². The van der Waals surface area contributed by atoms with Gasteiger partial charge in [-0.2, -0.15) is 0 Å². The molecule has 9 heavy (non-hydrogen) atoms. The Labute approximate surface area is 59.4 Å². The maximum Gasteiger partial charge on any atom is 0.277 e. The van der Waals surface area contributed by atoms with Gasteiger partial charge in [-0.1, -0.05) is 12.6 Å². The van der Waals surface area contributed by atoms with Crippen LogP contribution in [0.1, 0.15) is 0 Å². The van der Waals surface area contributed by atoms with Gasteiger partial charge in [0.25, 0.3) is 5.24 Å². The predicted octanol–water partition coefficient (Wildman–Crippen LogP) is -0.223. The summed E-state index contributed by atoms with van der Waals surface area (Å²) in [5.74, 6) is 0. The van der Waals surface area contributed by atoms with E-state index in [2.05, 4.69) is 23.3 Å². The number of carbonyl (C=O) groups is 1. The molecule has 0 spiro atoms. The standard InChI is InChI=1S/C4H10N2O2S/c1-5-2-8-3-6-4(7)9/h5H,2-3H2,1H3,(H2,6,7,9). The smallest absolute Gasteiger partial charge is 0.277 e. The Kier molecular flexibility index (Phi) is 5.70. The van der Waals surface area contributed by atoms with E-state index < -0.39 is 0 Å². The molecule has 0 saturated heterocycles. The fourth-order valence-corrected chi connectivity index (χ4v) is 0.330. The van der Waals surface area contributed by atoms with Crippen LogP contribution in [0.5, 0.6) is 0 Å². The van der Waals surface area contributed by atoms with Gasteiger partial charge in [-0.25, -0.2) is 0 Å². The molecule has 0 aromatic carbocycles. The topological polar surface area (TPSA) is 50.4 Å². The third-order valence-electron chi connectivity index (χ3n) is 0.572. The minimum atomic E-state index is -0.383. The number of amides is 1. The monoisotopic (exact) mass is 150 g/mol. The Balaban J connectivity index is 2.83. The first kappa shape index (κ1) is 8.74. The third kappa shape index (κ3) is 7.74. The fourth-order valence-electron chi connectivity index (χ4n) is 0.266. The van der Waals surface area contributed by atoms with Gasteiger partial charge >= 0.3 is 0 Å². The number of nitrogens with one attached hydrogen (secondary N) is 2. The lowest BCUT2D eigenvalue weighted by atomic mass is 11.1. The van der Waals surface area contributed by atoms with Gasteiger partial charge in [0.05, 0.1) is 6.73 Å². The third-order valence-corrected chi connectivity index (χ3v) is 0.730. The molecule has 0 saturated carbocycles. The summed E-state index contributed by atoms with van der Waals surface area (Å²) in [5, 5.41) is 4.70. The van der Waals surface area contributed by atoms with Crippen molar-refractivity contribution in [3.8, 4) is 0 Å². The molecule has 0 aromatic heterocycles. The van der Waals surface area contributed by atoms with Crippen molar-refractivity contribution in [1.82, 2.24) is 10.6 Å². The Morgan fingerprint density at radius 3 is 2.78 bits per heavy atom. The summed E-state index contributed by atoms with van der Waals surface area (Å²) in [7, 11) is 1.75. The van der Waals surface area contributed by atoms with Crippen molar-refractivity contribution < 1.29 is 9.53 Å². The van der Waals surface area contributed by atoms with Crippen LogP contribution in [0.4, 0.5) is 4.79 Å². The molecule has 0 aromatic rings. The summed E-state index contributed by atoms with van der Waals surface area (Å²) in [4.78, 5) is 10.1. The first-order chi connectivity index (χ1) is 4.27. The van der Waals surface area contributed by atoms with Gasteiger partial charge < -0.3 is 10.1 Å². The molecule has 0 aliphatic rings. The lowest BCUT2D eigenvalue weighted by Crippen LogP contribution is -2.23. The molecule has 0 aliphatic heterocycles. The van der Waals surface area contributed by atoms with E-state index in [0.717, 1.165) is 0 Å². The van der Waals surface area contributed by atoms with E-state index in [9.17, 15) is 4.79 Å². The van der Waals surface area contributed by atoms with Gasteiger partial charge in [0.2, 0.25) is 0 Å². The largest absolute Gasteiger partial charge is 0.346 e. The number of hydrogen-bond acceptors (Lipinski definition) is 3. The molecule has 0 unspecified atom stereocenters. The number of carbonyl (C=O) groups excluding carboxylic acids is 1. The second-order valence-electron chi connectivity index (χ2n) is 1.33. The molecule has 0 heterocycles. The van der Waals surface area contributed by atoms with E-state index in [1.807, 2.05) is 0 Å². The zero-order valence-electron chi connectivity index (χ0n) is 5.18. The zero-order valence-corrected chi connectivity index (χ0v) is 6.07. The number of hydrogen-bond donors (Lipinski definition) is 3. The quantitative estimate of drug-likeness (QED) is 0.295. The van der Waals surface area contributed by atoms with Crippen LogP contribution in [0, 0.1) is 0 Å². The molecular formula is C4H10N2O2S. The van der Waals surface area contributed by atoms with E-state index in [0.29, 0.717) is 6.73 Å². The van der Waals surface area contributed by atoms with E-state index in [1.165, 1.54) is 0 Å². The van der Waals surface area contributed by atoms with Gasteiger partial charge in [-0.15, -0.1) is 0 Å². The maximum absolute atomic E-state index is 10.1. The zero-order chi connectivity index (χ0) is 7.11. The Bertz CT molecular complexity index is 88.6. The average Bonchev–Trinajstić information content (AvgIpc) is 1.80. The Hall–Kier alpha value is -0.260. The summed E-state index contributed by atoms with van der Waals surface area (Å²) < 4.78 is 4.80. The summed E-state index contributed by atoms with van der Waals surface area (Å²) >= 11 is 3.45. The van der Waals surface area contributed by atoms with Crippen molar-refractivity contribution >= 4 is 17.9 Å². The first-order valence-corrected chi connectivity index (χ1v) is 2.91.